The molecule has 3 aromatic rings. The third-order valence-electron chi connectivity index (χ3n) is 8.02. The van der Waals surface area contributed by atoms with Crippen LogP contribution in [-0.2, 0) is 12.4 Å². The molecular weight excluding hydrogens is 582 g/mol. The molecule has 0 fully saturated rings. The second-order valence-corrected chi connectivity index (χ2v) is 13.0. The second-order valence-electron chi connectivity index (χ2n) is 13.0. The van der Waals surface area contributed by atoms with E-state index in [1.54, 1.807) is 6.08 Å². The van der Waals surface area contributed by atoms with Crippen molar-refractivity contribution in [2.24, 2.45) is 16.2 Å². The van der Waals surface area contributed by atoms with Gasteiger partial charge in [-0.15, -0.1) is 0 Å². The van der Waals surface area contributed by atoms with E-state index in [1.165, 1.54) is 18.2 Å². The zero-order chi connectivity index (χ0) is 32.9. The molecule has 4 N–H and O–H groups in total. The molecule has 0 unspecified atom stereocenters. The fraction of sp³-hybridized carbons (Fsp3) is 0.353. The van der Waals surface area contributed by atoms with Crippen molar-refractivity contribution < 1.29 is 35.8 Å². The number of halogens is 6. The number of nitrogens with two attached hydrogens (primary N) is 2. The van der Waals surface area contributed by atoms with Gasteiger partial charge in [0, 0.05) is 17.5 Å². The minimum Gasteiger partial charge on any atom is -0.447 e. The number of anilines is 2. The highest BCUT2D eigenvalue weighted by Gasteiger charge is 2.67. The van der Waals surface area contributed by atoms with Crippen molar-refractivity contribution in [3.8, 4) is 11.5 Å². The number of alkyl halides is 6. The van der Waals surface area contributed by atoms with Crippen molar-refractivity contribution in [2.45, 2.75) is 59.7 Å². The number of hydrogen-bond donors (Lipinski definition) is 2. The highest BCUT2D eigenvalue weighted by molar-refractivity contribution is 5.77. The summed E-state index contributed by atoms with van der Waals surface area (Å²) < 4.78 is 99.0. The van der Waals surface area contributed by atoms with Crippen LogP contribution in [-0.4, -0.2) is 5.79 Å². The molecule has 0 aromatic heterocycles. The predicted octanol–water partition coefficient (Wildman–Crippen LogP) is 9.77. The maximum absolute atomic E-state index is 14.4. The van der Waals surface area contributed by atoms with Gasteiger partial charge in [0.05, 0.1) is 16.5 Å². The van der Waals surface area contributed by atoms with Gasteiger partial charge < -0.3 is 20.9 Å². The predicted molar refractivity (Wildman–Crippen MR) is 161 cm³/mol. The quantitative estimate of drug-likeness (QED) is 0.170. The van der Waals surface area contributed by atoms with Crippen LogP contribution in [0, 0.1) is 16.2 Å². The Hall–Kier alpha value is -4.08. The van der Waals surface area contributed by atoms with Gasteiger partial charge in [-0.3, -0.25) is 0 Å². The van der Waals surface area contributed by atoms with Crippen LogP contribution in [0.3, 0.4) is 0 Å². The first-order valence-electron chi connectivity index (χ1n) is 13.9. The molecule has 4 rings (SSSR count). The Kier molecular flexibility index (Phi) is 8.07. The van der Waals surface area contributed by atoms with E-state index in [1.807, 2.05) is 78.0 Å². The lowest BCUT2D eigenvalue weighted by Gasteiger charge is -2.60. The van der Waals surface area contributed by atoms with Crippen LogP contribution >= 0.6 is 0 Å². The zero-order valence-electron chi connectivity index (χ0n) is 25.3. The molecule has 4 nitrogen and oxygen atoms in total. The van der Waals surface area contributed by atoms with Crippen LogP contribution in [0.25, 0.3) is 5.57 Å². The van der Waals surface area contributed by atoms with Crippen molar-refractivity contribution in [1.82, 2.24) is 0 Å². The molecule has 0 amide bonds. The fourth-order valence-electron chi connectivity index (χ4n) is 6.42. The zero-order valence-corrected chi connectivity index (χ0v) is 25.3. The summed E-state index contributed by atoms with van der Waals surface area (Å²) in [4.78, 5) is 0. The van der Waals surface area contributed by atoms with E-state index in [9.17, 15) is 26.3 Å². The lowest BCUT2D eigenvalue weighted by molar-refractivity contribution is -0.227. The van der Waals surface area contributed by atoms with Gasteiger partial charge in [0.2, 0.25) is 0 Å². The van der Waals surface area contributed by atoms with Gasteiger partial charge in [0.25, 0.3) is 5.79 Å². The summed E-state index contributed by atoms with van der Waals surface area (Å²) >= 11 is 0. The standard InChI is InChI=1S/C34H36F6N2O2/c1-29(2,3)31(30(4,5)6)20-22(21-10-8-7-9-11-21)16-17-32(31,43-27-14-12-23(41)18-25(27)33(35,36)37)44-28-15-13-24(42)19-26(28)34(38,39)40/h7-20H,41-42H2,1-6H3. The number of nitrogen functional groups attached to an aromatic ring is 2. The fourth-order valence-corrected chi connectivity index (χ4v) is 6.42. The molecule has 0 radical (unpaired) electrons. The largest absolute Gasteiger partial charge is 0.447 e. The average Bonchev–Trinajstić information content (AvgIpc) is 2.89. The van der Waals surface area contributed by atoms with Crippen LogP contribution < -0.4 is 20.9 Å². The van der Waals surface area contributed by atoms with E-state index in [0.717, 1.165) is 29.8 Å². The van der Waals surface area contributed by atoms with E-state index < -0.39 is 57.0 Å². The molecule has 1 aliphatic carbocycles. The molecule has 0 bridgehead atoms. The smallest absolute Gasteiger partial charge is 0.420 e. The number of hydrogen-bond acceptors (Lipinski definition) is 4. The van der Waals surface area contributed by atoms with Gasteiger partial charge in [-0.25, -0.2) is 0 Å². The molecule has 0 spiro atoms. The maximum atomic E-state index is 14.4. The average molecular weight is 619 g/mol. The Morgan fingerprint density at radius 3 is 1.43 bits per heavy atom. The number of rotatable bonds is 5. The Morgan fingerprint density at radius 1 is 0.614 bits per heavy atom. The minimum atomic E-state index is -4.90. The molecule has 3 aromatic carbocycles. The summed E-state index contributed by atoms with van der Waals surface area (Å²) in [7, 11) is 0. The molecular formula is C34H36F6N2O2. The van der Waals surface area contributed by atoms with Gasteiger partial charge in [0.1, 0.15) is 11.5 Å². The monoisotopic (exact) mass is 618 g/mol. The van der Waals surface area contributed by atoms with E-state index in [-0.39, 0.29) is 11.4 Å². The van der Waals surface area contributed by atoms with Crippen LogP contribution in [0.5, 0.6) is 11.5 Å². The first kappa shape index (κ1) is 32.8. The number of benzene rings is 3. The second kappa shape index (κ2) is 10.8. The summed E-state index contributed by atoms with van der Waals surface area (Å²) in [5, 5.41) is 0. The first-order chi connectivity index (χ1) is 20.1. The SMILES string of the molecule is CC(C)(C)C1(C(C)(C)C)C=C(c2ccccc2)C=CC1(Oc1ccc(N)cc1C(F)(F)F)Oc1ccc(N)cc1C(F)(F)F. The minimum absolute atomic E-state index is 0.166. The van der Waals surface area contributed by atoms with E-state index in [2.05, 4.69) is 0 Å². The summed E-state index contributed by atoms with van der Waals surface area (Å²) in [5.74, 6) is -3.57. The lowest BCUT2D eigenvalue weighted by atomic mass is 9.48. The molecule has 1 aliphatic rings. The molecule has 236 valence electrons. The van der Waals surface area contributed by atoms with Crippen molar-refractivity contribution in [1.29, 1.82) is 0 Å². The normalized spacial score (nSPS) is 16.8. The molecule has 0 atom stereocenters. The van der Waals surface area contributed by atoms with Gasteiger partial charge in [0.15, 0.2) is 0 Å². The molecule has 0 saturated heterocycles. The van der Waals surface area contributed by atoms with E-state index in [4.69, 9.17) is 20.9 Å². The van der Waals surface area contributed by atoms with Crippen molar-refractivity contribution >= 4 is 16.9 Å². The summed E-state index contributed by atoms with van der Waals surface area (Å²) in [6.07, 6.45) is -4.95. The third kappa shape index (κ3) is 5.86. The Balaban J connectivity index is 2.13. The van der Waals surface area contributed by atoms with Crippen molar-refractivity contribution in [3.63, 3.8) is 0 Å². The van der Waals surface area contributed by atoms with Gasteiger partial charge in [-0.2, -0.15) is 26.3 Å². The van der Waals surface area contributed by atoms with Crippen LogP contribution in [0.4, 0.5) is 37.7 Å². The molecule has 0 aliphatic heterocycles. The van der Waals surface area contributed by atoms with Gasteiger partial charge >= 0.3 is 12.4 Å². The summed E-state index contributed by atoms with van der Waals surface area (Å²) in [6.45, 7) is 11.1. The van der Waals surface area contributed by atoms with Crippen LogP contribution in [0.2, 0.25) is 0 Å². The molecule has 44 heavy (non-hydrogen) atoms. The maximum Gasteiger partial charge on any atom is 0.420 e. The topological polar surface area (TPSA) is 70.5 Å². The molecule has 10 heteroatoms. The summed E-state index contributed by atoms with van der Waals surface area (Å²) in [5.41, 5.74) is 7.00. The Labute approximate surface area is 253 Å². The van der Waals surface area contributed by atoms with E-state index >= 15 is 0 Å². The Morgan fingerprint density at radius 2 is 1.05 bits per heavy atom. The van der Waals surface area contributed by atoms with E-state index in [0.29, 0.717) is 5.57 Å². The third-order valence-corrected chi connectivity index (χ3v) is 8.02. The van der Waals surface area contributed by atoms with Gasteiger partial charge in [-0.1, -0.05) is 84.0 Å². The van der Waals surface area contributed by atoms with Crippen molar-refractivity contribution in [3.05, 3.63) is 102 Å². The van der Waals surface area contributed by atoms with Gasteiger partial charge in [-0.05, 0) is 58.4 Å². The summed E-state index contributed by atoms with van der Waals surface area (Å²) in [6, 6.07) is 15.3. The highest BCUT2D eigenvalue weighted by Crippen LogP contribution is 2.64. The molecule has 0 saturated carbocycles. The first-order valence-corrected chi connectivity index (χ1v) is 13.9. The molecule has 0 heterocycles. The lowest BCUT2D eigenvalue weighted by Crippen LogP contribution is -2.66. The Bertz CT molecular complexity index is 1500. The number of allylic oxidation sites excluding steroid dienone is 2. The number of ether oxygens (including phenoxy) is 2. The van der Waals surface area contributed by atoms with Crippen molar-refractivity contribution in [2.75, 3.05) is 11.5 Å². The van der Waals surface area contributed by atoms with Crippen LogP contribution in [0.1, 0.15) is 58.2 Å². The highest BCUT2D eigenvalue weighted by atomic mass is 19.4. The van der Waals surface area contributed by atoms with Crippen LogP contribution in [0.15, 0.2) is 85.0 Å².